The second-order valence-electron chi connectivity index (χ2n) is 5.57. The highest BCUT2D eigenvalue weighted by Gasteiger charge is 2.40. The third-order valence-electron chi connectivity index (χ3n) is 4.61. The van der Waals surface area contributed by atoms with E-state index in [1.165, 1.54) is 41.5 Å². The quantitative estimate of drug-likeness (QED) is 0.654. The van der Waals surface area contributed by atoms with E-state index < -0.39 is 0 Å². The molecule has 94 valence electrons. The van der Waals surface area contributed by atoms with Gasteiger partial charge in [-0.25, -0.2) is 0 Å². The Morgan fingerprint density at radius 2 is 2.35 bits per heavy atom. The van der Waals surface area contributed by atoms with E-state index in [9.17, 15) is 0 Å². The van der Waals surface area contributed by atoms with Crippen molar-refractivity contribution in [2.24, 2.45) is 23.6 Å². The van der Waals surface area contributed by atoms with Crippen LogP contribution in [0.2, 0.25) is 0 Å². The van der Waals surface area contributed by atoms with Crippen LogP contribution in [0, 0.1) is 17.8 Å². The van der Waals surface area contributed by atoms with Crippen LogP contribution in [0.25, 0.3) is 0 Å². The number of fused-ring (bicyclic) bond motifs is 2. The molecule has 0 spiro atoms. The lowest BCUT2D eigenvalue weighted by atomic mass is 9.83. The van der Waals surface area contributed by atoms with Crippen LogP contribution < -0.4 is 11.3 Å². The van der Waals surface area contributed by atoms with Crippen molar-refractivity contribution in [3.8, 4) is 0 Å². The van der Waals surface area contributed by atoms with Gasteiger partial charge in [0, 0.05) is 6.04 Å². The van der Waals surface area contributed by atoms with Gasteiger partial charge in [-0.2, -0.15) is 0 Å². The Bertz CT molecular complexity index is 393. The van der Waals surface area contributed by atoms with Crippen LogP contribution in [-0.2, 0) is 0 Å². The first-order chi connectivity index (χ1) is 8.26. The zero-order chi connectivity index (χ0) is 11.8. The number of nitrogens with one attached hydrogen (secondary N) is 1. The largest absolute Gasteiger partial charge is 0.271 e. The van der Waals surface area contributed by atoms with Crippen LogP contribution in [0.3, 0.4) is 0 Å². The lowest BCUT2D eigenvalue weighted by Crippen LogP contribution is -2.30. The molecule has 0 amide bonds. The fourth-order valence-corrected chi connectivity index (χ4v) is 5.00. The van der Waals surface area contributed by atoms with E-state index >= 15 is 0 Å². The fourth-order valence-electron chi connectivity index (χ4n) is 3.77. The lowest BCUT2D eigenvalue weighted by molar-refractivity contribution is 0.280. The summed E-state index contributed by atoms with van der Waals surface area (Å²) < 4.78 is 1.20. The van der Waals surface area contributed by atoms with Crippen LogP contribution in [0.4, 0.5) is 0 Å². The molecule has 3 N–H and O–H groups in total. The summed E-state index contributed by atoms with van der Waals surface area (Å²) in [5, 5.41) is 2.21. The number of hydrazine groups is 1. The van der Waals surface area contributed by atoms with Gasteiger partial charge in [-0.15, -0.1) is 11.3 Å². The molecule has 4 atom stereocenters. The molecule has 0 aliphatic heterocycles. The van der Waals surface area contributed by atoms with Crippen LogP contribution >= 0.6 is 27.3 Å². The number of thiophene rings is 1. The average Bonchev–Trinajstić information content (AvgIpc) is 3.01. The summed E-state index contributed by atoms with van der Waals surface area (Å²) in [4.78, 5) is 0. The summed E-state index contributed by atoms with van der Waals surface area (Å²) in [5.41, 5.74) is 4.34. The summed E-state index contributed by atoms with van der Waals surface area (Å²) in [7, 11) is 0. The van der Waals surface area contributed by atoms with Crippen molar-refractivity contribution in [2.75, 3.05) is 0 Å². The van der Waals surface area contributed by atoms with Crippen molar-refractivity contribution >= 4 is 27.3 Å². The minimum absolute atomic E-state index is 0.335. The SMILES string of the molecule is NNC(CC1CC2CCC1C2)c1csc(Br)c1. The van der Waals surface area contributed by atoms with Gasteiger partial charge < -0.3 is 0 Å². The van der Waals surface area contributed by atoms with Crippen molar-refractivity contribution in [3.05, 3.63) is 20.8 Å². The van der Waals surface area contributed by atoms with Gasteiger partial charge in [0.25, 0.3) is 0 Å². The molecule has 0 saturated heterocycles. The molecule has 2 bridgehead atoms. The highest BCUT2D eigenvalue weighted by Crippen LogP contribution is 2.51. The molecule has 3 rings (SSSR count). The molecule has 1 aromatic heterocycles. The summed E-state index contributed by atoms with van der Waals surface area (Å²) in [6, 6.07) is 2.53. The molecule has 0 aromatic carbocycles. The Hall–Kier alpha value is 0.100. The Kier molecular flexibility index (Phi) is 3.57. The second-order valence-corrected chi connectivity index (χ2v) is 7.86. The maximum Gasteiger partial charge on any atom is 0.0701 e. The normalized spacial score (nSPS) is 33.2. The number of rotatable bonds is 4. The molecule has 2 saturated carbocycles. The third kappa shape index (κ3) is 2.46. The van der Waals surface area contributed by atoms with E-state index in [1.54, 1.807) is 11.3 Å². The second kappa shape index (κ2) is 5.00. The van der Waals surface area contributed by atoms with E-state index in [1.807, 2.05) is 0 Å². The smallest absolute Gasteiger partial charge is 0.0701 e. The molecule has 4 unspecified atom stereocenters. The predicted molar refractivity (Wildman–Crippen MR) is 75.6 cm³/mol. The van der Waals surface area contributed by atoms with E-state index in [2.05, 4.69) is 32.8 Å². The summed E-state index contributed by atoms with van der Waals surface area (Å²) in [6.45, 7) is 0. The number of halogens is 1. The Balaban J connectivity index is 1.66. The molecule has 1 heterocycles. The van der Waals surface area contributed by atoms with Crippen LogP contribution in [-0.4, -0.2) is 0 Å². The molecular weight excluding hydrogens is 296 g/mol. The standard InChI is InChI=1S/C13H19BrN2S/c14-13-6-11(7-17-13)12(16-15)5-10-4-8-1-2-9(10)3-8/h6-10,12,16H,1-5,15H2. The van der Waals surface area contributed by atoms with Gasteiger partial charge in [-0.3, -0.25) is 11.3 Å². The maximum atomic E-state index is 5.73. The third-order valence-corrected chi connectivity index (χ3v) is 6.14. The molecule has 0 radical (unpaired) electrons. The van der Waals surface area contributed by atoms with Crippen molar-refractivity contribution < 1.29 is 0 Å². The molecule has 1 aromatic rings. The van der Waals surface area contributed by atoms with Crippen molar-refractivity contribution in [3.63, 3.8) is 0 Å². The average molecular weight is 315 g/mol. The molecule has 17 heavy (non-hydrogen) atoms. The molecule has 4 heteroatoms. The first-order valence-corrected chi connectivity index (χ1v) is 8.13. The summed E-state index contributed by atoms with van der Waals surface area (Å²) in [5.74, 6) is 8.64. The number of hydrogen-bond acceptors (Lipinski definition) is 3. The number of hydrogen-bond donors (Lipinski definition) is 2. The summed E-state index contributed by atoms with van der Waals surface area (Å²) in [6.07, 6.45) is 7.07. The number of nitrogens with two attached hydrogens (primary N) is 1. The fraction of sp³-hybridized carbons (Fsp3) is 0.692. The molecule has 2 fully saturated rings. The van der Waals surface area contributed by atoms with E-state index in [0.717, 1.165) is 17.8 Å². The van der Waals surface area contributed by atoms with Crippen LogP contribution in [0.5, 0.6) is 0 Å². The molecule has 2 aliphatic rings. The monoisotopic (exact) mass is 314 g/mol. The Morgan fingerprint density at radius 1 is 1.47 bits per heavy atom. The molecule has 2 aliphatic carbocycles. The molecule has 2 nitrogen and oxygen atoms in total. The Labute approximate surface area is 115 Å². The van der Waals surface area contributed by atoms with Crippen molar-refractivity contribution in [2.45, 2.75) is 38.1 Å². The maximum absolute atomic E-state index is 5.73. The van der Waals surface area contributed by atoms with Gasteiger partial charge in [-0.05, 0) is 76.4 Å². The van der Waals surface area contributed by atoms with E-state index in [4.69, 9.17) is 5.84 Å². The predicted octanol–water partition coefficient (Wildman–Crippen LogP) is 3.84. The van der Waals surface area contributed by atoms with Crippen LogP contribution in [0.15, 0.2) is 15.2 Å². The van der Waals surface area contributed by atoms with Gasteiger partial charge in [-0.1, -0.05) is 6.42 Å². The van der Waals surface area contributed by atoms with Gasteiger partial charge in [0.2, 0.25) is 0 Å². The minimum Gasteiger partial charge on any atom is -0.271 e. The van der Waals surface area contributed by atoms with Crippen molar-refractivity contribution in [1.29, 1.82) is 0 Å². The summed E-state index contributed by atoms with van der Waals surface area (Å²) >= 11 is 5.27. The van der Waals surface area contributed by atoms with E-state index in [0.29, 0.717) is 6.04 Å². The molecular formula is C13H19BrN2S. The van der Waals surface area contributed by atoms with Gasteiger partial charge in [0.1, 0.15) is 0 Å². The van der Waals surface area contributed by atoms with E-state index in [-0.39, 0.29) is 0 Å². The first kappa shape index (κ1) is 12.2. The highest BCUT2D eigenvalue weighted by atomic mass is 79.9. The Morgan fingerprint density at radius 3 is 2.88 bits per heavy atom. The zero-order valence-electron chi connectivity index (χ0n) is 9.86. The topological polar surface area (TPSA) is 38.0 Å². The van der Waals surface area contributed by atoms with Gasteiger partial charge >= 0.3 is 0 Å². The van der Waals surface area contributed by atoms with Crippen molar-refractivity contribution in [1.82, 2.24) is 5.43 Å². The van der Waals surface area contributed by atoms with Crippen LogP contribution in [0.1, 0.15) is 43.7 Å². The highest BCUT2D eigenvalue weighted by molar-refractivity contribution is 9.11. The minimum atomic E-state index is 0.335. The van der Waals surface area contributed by atoms with Gasteiger partial charge in [0.05, 0.1) is 3.79 Å². The zero-order valence-corrected chi connectivity index (χ0v) is 12.3. The van der Waals surface area contributed by atoms with Gasteiger partial charge in [0.15, 0.2) is 0 Å². The lowest BCUT2D eigenvalue weighted by Gasteiger charge is -2.26. The first-order valence-electron chi connectivity index (χ1n) is 6.46.